The van der Waals surface area contributed by atoms with Gasteiger partial charge in [-0.05, 0) is 40.2 Å². The van der Waals surface area contributed by atoms with Crippen molar-refractivity contribution in [2.75, 3.05) is 0 Å². The number of nitrogens with zero attached hydrogens (tertiary/aromatic N) is 2. The van der Waals surface area contributed by atoms with E-state index in [2.05, 4.69) is 21.0 Å². The van der Waals surface area contributed by atoms with Crippen molar-refractivity contribution in [2.45, 2.75) is 0 Å². The van der Waals surface area contributed by atoms with Crippen molar-refractivity contribution in [3.8, 4) is 5.69 Å². The molecule has 0 fully saturated rings. The van der Waals surface area contributed by atoms with Gasteiger partial charge in [-0.2, -0.15) is 5.10 Å². The van der Waals surface area contributed by atoms with Gasteiger partial charge < -0.3 is 0 Å². The second-order valence-corrected chi connectivity index (χ2v) is 3.36. The molecule has 0 aliphatic heterocycles. The summed E-state index contributed by atoms with van der Waals surface area (Å²) in [6.07, 6.45) is 1.65. The van der Waals surface area contributed by atoms with E-state index in [0.29, 0.717) is 5.69 Å². The van der Waals surface area contributed by atoms with Crippen molar-refractivity contribution < 1.29 is 4.39 Å². The number of benzene rings is 1. The Bertz CT molecular complexity index is 425. The predicted octanol–water partition coefficient (Wildman–Crippen LogP) is 2.77. The number of rotatable bonds is 1. The third-order valence-corrected chi connectivity index (χ3v) is 2.25. The minimum absolute atomic E-state index is 0.264. The van der Waals surface area contributed by atoms with E-state index in [1.807, 2.05) is 0 Å². The van der Waals surface area contributed by atoms with Gasteiger partial charge in [-0.25, -0.2) is 9.07 Å². The zero-order chi connectivity index (χ0) is 9.26. The van der Waals surface area contributed by atoms with Crippen molar-refractivity contribution in [3.05, 3.63) is 46.9 Å². The summed E-state index contributed by atoms with van der Waals surface area (Å²) < 4.78 is 15.3. The zero-order valence-electron chi connectivity index (χ0n) is 6.61. The van der Waals surface area contributed by atoms with Crippen molar-refractivity contribution in [1.29, 1.82) is 0 Å². The first-order valence-corrected chi connectivity index (χ1v) is 4.52. The minimum atomic E-state index is -0.264. The molecule has 0 atom stereocenters. The first kappa shape index (κ1) is 8.44. The van der Waals surface area contributed by atoms with Gasteiger partial charge in [0.25, 0.3) is 0 Å². The van der Waals surface area contributed by atoms with Crippen LogP contribution >= 0.6 is 15.9 Å². The Labute approximate surface area is 83.1 Å². The molecule has 0 N–H and O–H groups in total. The lowest BCUT2D eigenvalue weighted by Crippen LogP contribution is -1.96. The lowest BCUT2D eigenvalue weighted by atomic mass is 10.3. The summed E-state index contributed by atoms with van der Waals surface area (Å²) in [4.78, 5) is 0. The summed E-state index contributed by atoms with van der Waals surface area (Å²) in [5.41, 5.74) is 0.705. The van der Waals surface area contributed by atoms with Gasteiger partial charge in [-0.15, -0.1) is 0 Å². The maximum Gasteiger partial charge on any atom is 0.125 e. The Morgan fingerprint density at radius 3 is 2.77 bits per heavy atom. The summed E-state index contributed by atoms with van der Waals surface area (Å²) in [5.74, 6) is -0.264. The third-order valence-electron chi connectivity index (χ3n) is 1.65. The molecule has 0 saturated carbocycles. The lowest BCUT2D eigenvalue weighted by molar-refractivity contribution is 0.625. The summed E-state index contributed by atoms with van der Waals surface area (Å²) in [5, 5.41) is 4.03. The molecule has 0 radical (unpaired) electrons. The molecule has 2 aromatic rings. The monoisotopic (exact) mass is 240 g/mol. The van der Waals surface area contributed by atoms with E-state index >= 15 is 0 Å². The van der Waals surface area contributed by atoms with Crippen molar-refractivity contribution in [1.82, 2.24) is 9.78 Å². The Hall–Kier alpha value is -1.16. The first-order valence-electron chi connectivity index (χ1n) is 3.73. The number of hydrogen-bond donors (Lipinski definition) is 0. The second-order valence-electron chi connectivity index (χ2n) is 2.55. The topological polar surface area (TPSA) is 17.8 Å². The Kier molecular flexibility index (Phi) is 2.14. The van der Waals surface area contributed by atoms with Gasteiger partial charge in [0.2, 0.25) is 0 Å². The highest BCUT2D eigenvalue weighted by molar-refractivity contribution is 9.10. The van der Waals surface area contributed by atoms with Crippen molar-refractivity contribution in [2.24, 2.45) is 0 Å². The van der Waals surface area contributed by atoms with Crippen LogP contribution < -0.4 is 0 Å². The first-order chi connectivity index (χ1) is 6.27. The molecule has 0 saturated heterocycles. The van der Waals surface area contributed by atoms with Gasteiger partial charge in [0.05, 0.1) is 11.9 Å². The highest BCUT2D eigenvalue weighted by atomic mass is 79.9. The standard InChI is InChI=1S/C9H6BrFN2/c10-9-4-5-12-13(9)8-3-1-2-7(11)6-8/h1-6H. The molecule has 0 aliphatic rings. The van der Waals surface area contributed by atoms with E-state index in [1.54, 1.807) is 29.1 Å². The van der Waals surface area contributed by atoms with E-state index in [-0.39, 0.29) is 5.82 Å². The molecule has 66 valence electrons. The summed E-state index contributed by atoms with van der Waals surface area (Å²) in [6, 6.07) is 8.07. The average Bonchev–Trinajstić information content (AvgIpc) is 2.51. The molecular formula is C9H6BrFN2. The fourth-order valence-electron chi connectivity index (χ4n) is 1.09. The molecule has 0 aliphatic carbocycles. The fourth-order valence-corrected chi connectivity index (χ4v) is 1.50. The summed E-state index contributed by atoms with van der Waals surface area (Å²) in [6.45, 7) is 0. The van der Waals surface area contributed by atoms with E-state index in [4.69, 9.17) is 0 Å². The quantitative estimate of drug-likeness (QED) is 0.750. The zero-order valence-corrected chi connectivity index (χ0v) is 8.20. The van der Waals surface area contributed by atoms with Crippen LogP contribution in [-0.2, 0) is 0 Å². The molecule has 1 heterocycles. The molecule has 0 bridgehead atoms. The normalized spacial score (nSPS) is 10.3. The molecule has 2 rings (SSSR count). The minimum Gasteiger partial charge on any atom is -0.227 e. The van der Waals surface area contributed by atoms with Crippen LogP contribution in [0, 0.1) is 5.82 Å². The maximum absolute atomic E-state index is 12.8. The summed E-state index contributed by atoms with van der Waals surface area (Å²) >= 11 is 3.31. The van der Waals surface area contributed by atoms with Crippen LogP contribution in [0.5, 0.6) is 0 Å². The molecule has 1 aromatic heterocycles. The van der Waals surface area contributed by atoms with Crippen LogP contribution in [0.4, 0.5) is 4.39 Å². The van der Waals surface area contributed by atoms with E-state index in [1.165, 1.54) is 12.1 Å². The van der Waals surface area contributed by atoms with Gasteiger partial charge in [0, 0.05) is 0 Å². The maximum atomic E-state index is 12.8. The van der Waals surface area contributed by atoms with Gasteiger partial charge >= 0.3 is 0 Å². The molecule has 1 aromatic carbocycles. The van der Waals surface area contributed by atoms with Gasteiger partial charge in [0.15, 0.2) is 0 Å². The van der Waals surface area contributed by atoms with Crippen LogP contribution in [0.25, 0.3) is 5.69 Å². The summed E-state index contributed by atoms with van der Waals surface area (Å²) in [7, 11) is 0. The highest BCUT2D eigenvalue weighted by Crippen LogP contribution is 2.15. The fraction of sp³-hybridized carbons (Fsp3) is 0. The molecule has 13 heavy (non-hydrogen) atoms. The molecule has 0 amide bonds. The SMILES string of the molecule is Fc1cccc(-n2nccc2Br)c1. The van der Waals surface area contributed by atoms with Crippen LogP contribution in [0.1, 0.15) is 0 Å². The molecule has 0 spiro atoms. The van der Waals surface area contributed by atoms with Crippen molar-refractivity contribution in [3.63, 3.8) is 0 Å². The van der Waals surface area contributed by atoms with Gasteiger partial charge in [-0.3, -0.25) is 0 Å². The average molecular weight is 241 g/mol. The molecule has 0 unspecified atom stereocenters. The predicted molar refractivity (Wildman–Crippen MR) is 51.2 cm³/mol. The van der Waals surface area contributed by atoms with Crippen molar-refractivity contribution >= 4 is 15.9 Å². The van der Waals surface area contributed by atoms with Crippen LogP contribution in [-0.4, -0.2) is 9.78 Å². The third kappa shape index (κ3) is 1.62. The van der Waals surface area contributed by atoms with Crippen LogP contribution in [0.15, 0.2) is 41.1 Å². The largest absolute Gasteiger partial charge is 0.227 e. The number of hydrogen-bond acceptors (Lipinski definition) is 1. The van der Waals surface area contributed by atoms with Gasteiger partial charge in [0.1, 0.15) is 10.4 Å². The lowest BCUT2D eigenvalue weighted by Gasteiger charge is -2.01. The van der Waals surface area contributed by atoms with Crippen LogP contribution in [0.2, 0.25) is 0 Å². The number of halogens is 2. The molecular weight excluding hydrogens is 235 g/mol. The van der Waals surface area contributed by atoms with E-state index < -0.39 is 0 Å². The van der Waals surface area contributed by atoms with E-state index in [0.717, 1.165) is 4.60 Å². The number of aromatic nitrogens is 2. The Balaban J connectivity index is 2.53. The highest BCUT2D eigenvalue weighted by Gasteiger charge is 2.01. The molecule has 4 heteroatoms. The molecule has 2 nitrogen and oxygen atoms in total. The smallest absolute Gasteiger partial charge is 0.125 e. The Morgan fingerprint density at radius 2 is 2.15 bits per heavy atom. The van der Waals surface area contributed by atoms with Crippen LogP contribution in [0.3, 0.4) is 0 Å². The Morgan fingerprint density at radius 1 is 1.31 bits per heavy atom. The van der Waals surface area contributed by atoms with E-state index in [9.17, 15) is 4.39 Å². The van der Waals surface area contributed by atoms with Gasteiger partial charge in [-0.1, -0.05) is 6.07 Å². The second kappa shape index (κ2) is 3.30.